The summed E-state index contributed by atoms with van der Waals surface area (Å²) < 4.78 is 28.6. The molecule has 0 aliphatic carbocycles. The van der Waals surface area contributed by atoms with E-state index in [1.54, 1.807) is 30.7 Å². The minimum Gasteiger partial charge on any atom is -0.378 e. The molecule has 0 radical (unpaired) electrons. The lowest BCUT2D eigenvalue weighted by Gasteiger charge is -2.30. The third-order valence-corrected chi connectivity index (χ3v) is 6.95. The van der Waals surface area contributed by atoms with Crippen LogP contribution in [0.15, 0.2) is 73.2 Å². The second kappa shape index (κ2) is 12.0. The zero-order chi connectivity index (χ0) is 27.2. The van der Waals surface area contributed by atoms with E-state index in [0.29, 0.717) is 49.1 Å². The Morgan fingerprint density at radius 2 is 1.90 bits per heavy atom. The van der Waals surface area contributed by atoms with Crippen molar-refractivity contribution in [1.82, 2.24) is 15.0 Å². The van der Waals surface area contributed by atoms with Gasteiger partial charge in [-0.1, -0.05) is 6.07 Å². The van der Waals surface area contributed by atoms with Crippen molar-refractivity contribution < 1.29 is 17.9 Å². The Morgan fingerprint density at radius 1 is 1.05 bits per heavy atom. The van der Waals surface area contributed by atoms with Crippen LogP contribution in [0.4, 0.5) is 23.0 Å². The summed E-state index contributed by atoms with van der Waals surface area (Å²) in [5.41, 5.74) is 5.65. The van der Waals surface area contributed by atoms with Gasteiger partial charge in [-0.05, 0) is 66.6 Å². The molecule has 2 aromatic carbocycles. The summed E-state index contributed by atoms with van der Waals surface area (Å²) in [4.78, 5) is 28.3. The number of benzene rings is 2. The van der Waals surface area contributed by atoms with Crippen LogP contribution in [-0.2, 0) is 21.2 Å². The number of hydrogen-bond donors (Lipinski definition) is 3. The molecule has 0 saturated carbocycles. The maximum absolute atomic E-state index is 13.1. The van der Waals surface area contributed by atoms with Crippen molar-refractivity contribution in [3.8, 4) is 11.3 Å². The Hall–Kier alpha value is -4.35. The van der Waals surface area contributed by atoms with Crippen molar-refractivity contribution in [3.63, 3.8) is 0 Å². The van der Waals surface area contributed by atoms with Crippen LogP contribution in [0.3, 0.4) is 0 Å². The third kappa shape index (κ3) is 6.57. The zero-order valence-corrected chi connectivity index (χ0v) is 22.2. The van der Waals surface area contributed by atoms with Crippen molar-refractivity contribution in [2.45, 2.75) is 12.7 Å². The smallest absolute Gasteiger partial charge is 0.255 e. The lowest BCUT2D eigenvalue weighted by Crippen LogP contribution is -2.36. The van der Waals surface area contributed by atoms with E-state index in [4.69, 9.17) is 4.74 Å². The van der Waals surface area contributed by atoms with Crippen molar-refractivity contribution in [3.05, 3.63) is 89.9 Å². The highest BCUT2D eigenvalue weighted by molar-refractivity contribution is 7.71. The molecule has 200 valence electrons. The first-order valence-electron chi connectivity index (χ1n) is 12.5. The second-order valence-corrected chi connectivity index (χ2v) is 10.0. The average Bonchev–Trinajstić information content (AvgIpc) is 2.95. The number of rotatable bonds is 8. The highest BCUT2D eigenvalue weighted by Crippen LogP contribution is 2.27. The van der Waals surface area contributed by atoms with Gasteiger partial charge in [-0.25, -0.2) is 18.4 Å². The van der Waals surface area contributed by atoms with Crippen LogP contribution < -0.4 is 15.5 Å². The van der Waals surface area contributed by atoms with Crippen molar-refractivity contribution >= 4 is 39.6 Å². The first-order chi connectivity index (χ1) is 19.0. The van der Waals surface area contributed by atoms with Gasteiger partial charge in [-0.15, -0.1) is 0 Å². The fourth-order valence-corrected chi connectivity index (χ4v) is 4.89. The van der Waals surface area contributed by atoms with Crippen LogP contribution in [0.1, 0.15) is 21.5 Å². The Labute approximate surface area is 228 Å². The summed E-state index contributed by atoms with van der Waals surface area (Å²) in [5.74, 6) is -0.0617. The van der Waals surface area contributed by atoms with Gasteiger partial charge in [0.05, 0.1) is 24.7 Å². The van der Waals surface area contributed by atoms with Crippen LogP contribution in [0.2, 0.25) is 0 Å². The van der Waals surface area contributed by atoms with Gasteiger partial charge >= 0.3 is 0 Å². The van der Waals surface area contributed by atoms with Crippen LogP contribution >= 0.6 is 0 Å². The number of carbonyl (C=O) groups excluding carboxylic acids is 1. The van der Waals surface area contributed by atoms with E-state index in [9.17, 15) is 13.2 Å². The lowest BCUT2D eigenvalue weighted by atomic mass is 10.1. The summed E-state index contributed by atoms with van der Waals surface area (Å²) in [6.07, 6.45) is 5.12. The summed E-state index contributed by atoms with van der Waals surface area (Å²) in [6.45, 7) is 4.44. The lowest BCUT2D eigenvalue weighted by molar-refractivity contribution is 0.102. The highest BCUT2D eigenvalue weighted by atomic mass is 32.2. The number of pyridine rings is 1. The number of hydrogen-bond acceptors (Lipinski definition) is 9. The molecule has 11 heteroatoms. The maximum atomic E-state index is 13.1. The molecule has 0 bridgehead atoms. The Bertz CT molecular complexity index is 1550. The van der Waals surface area contributed by atoms with Crippen LogP contribution in [0.5, 0.6) is 0 Å². The first-order valence-corrected chi connectivity index (χ1v) is 13.8. The molecule has 0 spiro atoms. The molecule has 0 atom stereocenters. The van der Waals surface area contributed by atoms with Crippen molar-refractivity contribution in [2.75, 3.05) is 41.8 Å². The van der Waals surface area contributed by atoms with E-state index < -0.39 is 10.7 Å². The molecule has 2 N–H and O–H groups in total. The van der Waals surface area contributed by atoms with Gasteiger partial charge in [0.25, 0.3) is 5.91 Å². The number of nitrogens with one attached hydrogen (secondary N) is 2. The molecule has 1 saturated heterocycles. The molecule has 1 fully saturated rings. The maximum Gasteiger partial charge on any atom is 0.255 e. The molecule has 39 heavy (non-hydrogen) atoms. The fraction of sp³-hybridized carbons (Fsp3) is 0.214. The van der Waals surface area contributed by atoms with E-state index in [-0.39, 0.29) is 11.7 Å². The largest absolute Gasteiger partial charge is 0.378 e. The Morgan fingerprint density at radius 3 is 2.67 bits per heavy atom. The predicted octanol–water partition coefficient (Wildman–Crippen LogP) is 3.79. The first kappa shape index (κ1) is 26.3. The van der Waals surface area contributed by atoms with Gasteiger partial charge in [0.1, 0.15) is 10.7 Å². The van der Waals surface area contributed by atoms with Gasteiger partial charge in [-0.3, -0.25) is 9.78 Å². The molecular weight excluding hydrogens is 516 g/mol. The SMILES string of the molecule is Cc1ccc(NC(=O)c2ccc(N3CCOCC3)c(C[SH](=O)=O)c2)cc1Nc1nccc(-c2cccnc2)n1. The normalized spacial score (nSPS) is 13.3. The number of morpholine rings is 1. The van der Waals surface area contributed by atoms with Crippen molar-refractivity contribution in [2.24, 2.45) is 0 Å². The van der Waals surface area contributed by atoms with Gasteiger partial charge in [-0.2, -0.15) is 0 Å². The van der Waals surface area contributed by atoms with E-state index in [1.807, 2.05) is 49.4 Å². The molecule has 1 aliphatic heterocycles. The van der Waals surface area contributed by atoms with Crippen LogP contribution in [-0.4, -0.2) is 55.6 Å². The number of ether oxygens (including phenoxy) is 1. The van der Waals surface area contributed by atoms with E-state index in [2.05, 4.69) is 30.5 Å². The molecule has 3 heterocycles. The quantitative estimate of drug-likeness (QED) is 0.284. The monoisotopic (exact) mass is 544 g/mol. The minimum absolute atomic E-state index is 0.139. The fourth-order valence-electron chi connectivity index (χ4n) is 4.36. The Balaban J connectivity index is 1.34. The third-order valence-electron chi connectivity index (χ3n) is 6.35. The number of thiol groups is 1. The predicted molar refractivity (Wildman–Crippen MR) is 151 cm³/mol. The Kier molecular flexibility index (Phi) is 8.09. The summed E-state index contributed by atoms with van der Waals surface area (Å²) in [7, 11) is -2.66. The summed E-state index contributed by atoms with van der Waals surface area (Å²) in [5, 5.41) is 6.15. The molecule has 1 amide bonds. The zero-order valence-electron chi connectivity index (χ0n) is 21.3. The average molecular weight is 545 g/mol. The number of nitrogens with zero attached hydrogens (tertiary/aromatic N) is 4. The van der Waals surface area contributed by atoms with Gasteiger partial charge in [0.15, 0.2) is 0 Å². The highest BCUT2D eigenvalue weighted by Gasteiger charge is 2.18. The minimum atomic E-state index is -2.66. The van der Waals surface area contributed by atoms with Gasteiger partial charge in [0, 0.05) is 59.9 Å². The van der Waals surface area contributed by atoms with E-state index in [0.717, 1.165) is 28.2 Å². The number of aromatic nitrogens is 3. The molecule has 4 aromatic rings. The number of amides is 1. The number of carbonyl (C=O) groups is 1. The molecular formula is C28H28N6O4S. The molecule has 5 rings (SSSR count). The topological polar surface area (TPSA) is 126 Å². The molecule has 1 aliphatic rings. The van der Waals surface area contributed by atoms with Gasteiger partial charge in [0.2, 0.25) is 5.95 Å². The molecule has 10 nitrogen and oxygen atoms in total. The summed E-state index contributed by atoms with van der Waals surface area (Å²) in [6, 6.07) is 16.3. The standard InChI is InChI=1S/C28H28N6O4S/c1-19-4-6-23(16-25(19)33-28-30-10-8-24(32-28)21-3-2-9-29-17-21)31-27(35)20-5-7-26(22(15-20)18-39(36)37)34-11-13-38-14-12-34/h2-10,15-17,39H,11-14,18H2,1H3,(H,31,35)(H,30,32,33). The number of aryl methyl sites for hydroxylation is 1. The van der Waals surface area contributed by atoms with E-state index in [1.165, 1.54) is 0 Å². The summed E-state index contributed by atoms with van der Waals surface area (Å²) >= 11 is 0. The van der Waals surface area contributed by atoms with Crippen molar-refractivity contribution in [1.29, 1.82) is 0 Å². The van der Waals surface area contributed by atoms with E-state index >= 15 is 0 Å². The molecule has 0 unspecified atom stereocenters. The number of anilines is 4. The van der Waals surface area contributed by atoms with Crippen LogP contribution in [0.25, 0.3) is 11.3 Å². The van der Waals surface area contributed by atoms with Gasteiger partial charge < -0.3 is 20.3 Å². The molecule has 2 aromatic heterocycles. The second-order valence-electron chi connectivity index (χ2n) is 9.05. The van der Waals surface area contributed by atoms with Crippen LogP contribution in [0, 0.1) is 6.92 Å².